The maximum atomic E-state index is 11.3. The maximum absolute atomic E-state index is 11.3. The number of hydrogen-bond acceptors (Lipinski definition) is 4. The highest BCUT2D eigenvalue weighted by atomic mass is 16.6. The summed E-state index contributed by atoms with van der Waals surface area (Å²) in [4.78, 5) is 11.3. The minimum Gasteiger partial charge on any atom is -0.377 e. The number of piperidine rings is 1. The zero-order valence-corrected chi connectivity index (χ0v) is 7.08. The van der Waals surface area contributed by atoms with E-state index in [2.05, 4.69) is 5.32 Å². The van der Waals surface area contributed by atoms with E-state index in [0.717, 1.165) is 12.8 Å². The lowest BCUT2D eigenvalue weighted by Crippen LogP contribution is -2.44. The van der Waals surface area contributed by atoms with Gasteiger partial charge >= 0.3 is 0 Å². The standard InChI is InChI=1S/C8H13NO3/c1-11-4-6(10)5-2-3-7-8(9-5)12-7/h5,7-9H,2-4H2,1H3. The highest BCUT2D eigenvalue weighted by Crippen LogP contribution is 2.30. The Bertz CT molecular complexity index is 195. The molecular formula is C8H13NO3. The van der Waals surface area contributed by atoms with Gasteiger partial charge in [0.05, 0.1) is 12.1 Å². The van der Waals surface area contributed by atoms with Crippen LogP contribution in [-0.4, -0.2) is 37.9 Å². The van der Waals surface area contributed by atoms with Crippen molar-refractivity contribution in [2.24, 2.45) is 0 Å². The number of ketones is 1. The van der Waals surface area contributed by atoms with E-state index in [9.17, 15) is 4.79 Å². The molecule has 2 heterocycles. The van der Waals surface area contributed by atoms with Crippen LogP contribution in [0.1, 0.15) is 12.8 Å². The maximum Gasteiger partial charge on any atom is 0.175 e. The number of nitrogens with one attached hydrogen (secondary N) is 1. The summed E-state index contributed by atoms with van der Waals surface area (Å²) >= 11 is 0. The van der Waals surface area contributed by atoms with Gasteiger partial charge in [-0.2, -0.15) is 0 Å². The van der Waals surface area contributed by atoms with Gasteiger partial charge in [0.2, 0.25) is 0 Å². The number of fused-ring (bicyclic) bond motifs is 1. The number of methoxy groups -OCH3 is 1. The fourth-order valence-corrected chi connectivity index (χ4v) is 1.62. The van der Waals surface area contributed by atoms with Gasteiger partial charge in [-0.15, -0.1) is 0 Å². The lowest BCUT2D eigenvalue weighted by molar-refractivity contribution is -0.125. The van der Waals surface area contributed by atoms with Gasteiger partial charge in [0.15, 0.2) is 5.78 Å². The first-order valence-corrected chi connectivity index (χ1v) is 4.24. The smallest absolute Gasteiger partial charge is 0.175 e. The number of ether oxygens (including phenoxy) is 2. The van der Waals surface area contributed by atoms with Crippen LogP contribution in [0, 0.1) is 0 Å². The Labute approximate surface area is 71.2 Å². The predicted molar refractivity (Wildman–Crippen MR) is 41.7 cm³/mol. The Morgan fingerprint density at radius 1 is 1.67 bits per heavy atom. The lowest BCUT2D eigenvalue weighted by atomic mass is 10.0. The summed E-state index contributed by atoms with van der Waals surface area (Å²) < 4.78 is 10.0. The van der Waals surface area contributed by atoms with E-state index in [-0.39, 0.29) is 24.7 Å². The van der Waals surface area contributed by atoms with Gasteiger partial charge < -0.3 is 9.47 Å². The second-order valence-electron chi connectivity index (χ2n) is 3.29. The summed E-state index contributed by atoms with van der Waals surface area (Å²) in [6.45, 7) is 0.203. The molecule has 2 aliphatic heterocycles. The molecule has 2 fully saturated rings. The fraction of sp³-hybridized carbons (Fsp3) is 0.875. The van der Waals surface area contributed by atoms with Crippen molar-refractivity contribution in [2.45, 2.75) is 31.2 Å². The van der Waals surface area contributed by atoms with Crippen molar-refractivity contribution in [3.8, 4) is 0 Å². The van der Waals surface area contributed by atoms with Crippen molar-refractivity contribution >= 4 is 5.78 Å². The third kappa shape index (κ3) is 1.50. The van der Waals surface area contributed by atoms with Gasteiger partial charge in [-0.3, -0.25) is 10.1 Å². The molecular weight excluding hydrogens is 158 g/mol. The first kappa shape index (κ1) is 8.16. The SMILES string of the molecule is COCC(=O)C1CCC2OC2N1. The highest BCUT2D eigenvalue weighted by molar-refractivity contribution is 5.85. The van der Waals surface area contributed by atoms with Gasteiger partial charge in [-0.05, 0) is 12.8 Å². The van der Waals surface area contributed by atoms with E-state index in [1.165, 1.54) is 7.11 Å². The highest BCUT2D eigenvalue weighted by Gasteiger charge is 2.45. The number of hydrogen-bond donors (Lipinski definition) is 1. The molecule has 0 radical (unpaired) electrons. The molecule has 0 saturated carbocycles. The van der Waals surface area contributed by atoms with Crippen LogP contribution in [0.3, 0.4) is 0 Å². The molecule has 2 aliphatic rings. The molecule has 0 amide bonds. The zero-order chi connectivity index (χ0) is 8.55. The third-order valence-electron chi connectivity index (χ3n) is 2.36. The molecule has 0 bridgehead atoms. The molecule has 4 heteroatoms. The first-order valence-electron chi connectivity index (χ1n) is 4.24. The normalized spacial score (nSPS) is 38.9. The van der Waals surface area contributed by atoms with E-state index in [0.29, 0.717) is 6.10 Å². The molecule has 0 aliphatic carbocycles. The zero-order valence-electron chi connectivity index (χ0n) is 7.08. The molecule has 0 aromatic carbocycles. The summed E-state index contributed by atoms with van der Waals surface area (Å²) in [5, 5.41) is 3.12. The predicted octanol–water partition coefficient (Wildman–Crippen LogP) is -0.321. The Morgan fingerprint density at radius 2 is 2.50 bits per heavy atom. The summed E-state index contributed by atoms with van der Waals surface area (Å²) in [5.74, 6) is 0.131. The summed E-state index contributed by atoms with van der Waals surface area (Å²) in [6, 6.07) is -0.0475. The van der Waals surface area contributed by atoms with Gasteiger partial charge in [0.25, 0.3) is 0 Å². The number of carbonyl (C=O) groups is 1. The Balaban J connectivity index is 1.83. The number of Topliss-reactive ketones (excluding diaryl/α,β-unsaturated/α-hetero) is 1. The van der Waals surface area contributed by atoms with Crippen LogP contribution in [0.4, 0.5) is 0 Å². The van der Waals surface area contributed by atoms with Crippen LogP contribution in [0.5, 0.6) is 0 Å². The molecule has 0 aromatic rings. The molecule has 1 N–H and O–H groups in total. The summed E-state index contributed by atoms with van der Waals surface area (Å²) in [6.07, 6.45) is 2.39. The number of rotatable bonds is 3. The van der Waals surface area contributed by atoms with Gasteiger partial charge in [-0.1, -0.05) is 0 Å². The molecule has 0 aromatic heterocycles. The van der Waals surface area contributed by atoms with Crippen molar-refractivity contribution in [3.05, 3.63) is 0 Å². The Kier molecular flexibility index (Phi) is 2.12. The monoisotopic (exact) mass is 171 g/mol. The van der Waals surface area contributed by atoms with Crippen LogP contribution in [0.25, 0.3) is 0 Å². The second-order valence-corrected chi connectivity index (χ2v) is 3.29. The van der Waals surface area contributed by atoms with E-state index < -0.39 is 0 Å². The largest absolute Gasteiger partial charge is 0.377 e. The summed E-state index contributed by atoms with van der Waals surface area (Å²) in [7, 11) is 1.54. The van der Waals surface area contributed by atoms with Crippen LogP contribution >= 0.6 is 0 Å². The van der Waals surface area contributed by atoms with Crippen LogP contribution in [-0.2, 0) is 14.3 Å². The van der Waals surface area contributed by atoms with Crippen molar-refractivity contribution in [3.63, 3.8) is 0 Å². The molecule has 2 rings (SSSR count). The van der Waals surface area contributed by atoms with Gasteiger partial charge in [-0.25, -0.2) is 0 Å². The molecule has 68 valence electrons. The van der Waals surface area contributed by atoms with Gasteiger partial charge in [0, 0.05) is 7.11 Å². The molecule has 3 unspecified atom stereocenters. The lowest BCUT2D eigenvalue weighted by Gasteiger charge is -2.18. The molecule has 0 spiro atoms. The first-order chi connectivity index (χ1) is 5.81. The van der Waals surface area contributed by atoms with E-state index >= 15 is 0 Å². The van der Waals surface area contributed by atoms with Crippen molar-refractivity contribution in [2.75, 3.05) is 13.7 Å². The van der Waals surface area contributed by atoms with E-state index in [4.69, 9.17) is 9.47 Å². The van der Waals surface area contributed by atoms with E-state index in [1.807, 2.05) is 0 Å². The minimum atomic E-state index is -0.0475. The number of carbonyl (C=O) groups excluding carboxylic acids is 1. The molecule has 2 saturated heterocycles. The van der Waals surface area contributed by atoms with Crippen LogP contribution in [0.15, 0.2) is 0 Å². The average molecular weight is 171 g/mol. The molecule has 12 heavy (non-hydrogen) atoms. The average Bonchev–Trinajstić information content (AvgIpc) is 2.81. The van der Waals surface area contributed by atoms with Gasteiger partial charge in [0.1, 0.15) is 12.8 Å². The summed E-state index contributed by atoms with van der Waals surface area (Å²) in [5.41, 5.74) is 0. The third-order valence-corrected chi connectivity index (χ3v) is 2.36. The van der Waals surface area contributed by atoms with Crippen molar-refractivity contribution < 1.29 is 14.3 Å². The van der Waals surface area contributed by atoms with Crippen LogP contribution < -0.4 is 5.32 Å². The Hall–Kier alpha value is -0.450. The Morgan fingerprint density at radius 3 is 3.17 bits per heavy atom. The van der Waals surface area contributed by atoms with Crippen molar-refractivity contribution in [1.29, 1.82) is 0 Å². The molecule has 3 atom stereocenters. The van der Waals surface area contributed by atoms with Crippen LogP contribution in [0.2, 0.25) is 0 Å². The minimum absolute atomic E-state index is 0.0475. The quantitative estimate of drug-likeness (QED) is 0.591. The molecule has 4 nitrogen and oxygen atoms in total. The van der Waals surface area contributed by atoms with Crippen molar-refractivity contribution in [1.82, 2.24) is 5.32 Å². The topological polar surface area (TPSA) is 50.9 Å². The van der Waals surface area contributed by atoms with E-state index in [1.54, 1.807) is 0 Å². The fourth-order valence-electron chi connectivity index (χ4n) is 1.62. The number of epoxide rings is 1. The second kappa shape index (κ2) is 3.12.